The zero-order valence-corrected chi connectivity index (χ0v) is 11.8. The largest absolute Gasteiger partial charge is 0.480 e. The molecule has 2 aliphatic rings. The van der Waals surface area contributed by atoms with Gasteiger partial charge in [0, 0.05) is 38.2 Å². The van der Waals surface area contributed by atoms with E-state index >= 15 is 0 Å². The van der Waals surface area contributed by atoms with E-state index < -0.39 is 5.97 Å². The first-order chi connectivity index (χ1) is 10.1. The first-order valence-electron chi connectivity index (χ1n) is 7.33. The molecule has 3 rings (SSSR count). The molecule has 1 saturated carbocycles. The molecule has 21 heavy (non-hydrogen) atoms. The molecule has 0 unspecified atom stereocenters. The van der Waals surface area contributed by atoms with Gasteiger partial charge in [0.05, 0.1) is 6.54 Å². The van der Waals surface area contributed by atoms with Crippen molar-refractivity contribution >= 4 is 11.9 Å². The second kappa shape index (κ2) is 5.85. The summed E-state index contributed by atoms with van der Waals surface area (Å²) in [5, 5.41) is 12.7. The minimum atomic E-state index is -0.833. The molecule has 0 aromatic carbocycles. The van der Waals surface area contributed by atoms with Gasteiger partial charge < -0.3 is 14.5 Å². The molecular weight excluding hydrogens is 274 g/mol. The van der Waals surface area contributed by atoms with Crippen LogP contribution in [0, 0.1) is 0 Å². The minimum absolute atomic E-state index is 0.0256. The molecule has 1 aromatic heterocycles. The molecular formula is C14H19N3O4. The molecule has 0 spiro atoms. The van der Waals surface area contributed by atoms with E-state index in [0.29, 0.717) is 37.8 Å². The molecule has 1 amide bonds. The van der Waals surface area contributed by atoms with E-state index in [0.717, 1.165) is 25.0 Å². The summed E-state index contributed by atoms with van der Waals surface area (Å²) in [7, 11) is 0. The van der Waals surface area contributed by atoms with Crippen LogP contribution in [0.3, 0.4) is 0 Å². The van der Waals surface area contributed by atoms with Gasteiger partial charge in [-0.05, 0) is 19.3 Å². The van der Waals surface area contributed by atoms with Gasteiger partial charge in [0.1, 0.15) is 5.76 Å². The van der Waals surface area contributed by atoms with E-state index in [9.17, 15) is 9.59 Å². The first-order valence-corrected chi connectivity index (χ1v) is 7.33. The summed E-state index contributed by atoms with van der Waals surface area (Å²) in [6.45, 7) is 2.45. The van der Waals surface area contributed by atoms with Gasteiger partial charge in [-0.1, -0.05) is 5.16 Å². The Labute approximate surface area is 122 Å². The lowest BCUT2D eigenvalue weighted by atomic mass is 10.2. The highest BCUT2D eigenvalue weighted by molar-refractivity contribution is 5.92. The Kier molecular flexibility index (Phi) is 3.92. The number of carbonyl (C=O) groups is 2. The zero-order valence-electron chi connectivity index (χ0n) is 11.8. The van der Waals surface area contributed by atoms with Crippen molar-refractivity contribution < 1.29 is 19.2 Å². The van der Waals surface area contributed by atoms with Crippen LogP contribution in [0.2, 0.25) is 0 Å². The van der Waals surface area contributed by atoms with Crippen LogP contribution in [0.5, 0.6) is 0 Å². The van der Waals surface area contributed by atoms with Gasteiger partial charge in [0.15, 0.2) is 5.69 Å². The summed E-state index contributed by atoms with van der Waals surface area (Å²) in [6, 6.07) is 1.75. The predicted molar refractivity (Wildman–Crippen MR) is 73.1 cm³/mol. The standard InChI is InChI=1S/C14H19N3O4/c18-13(19)9-16-4-1-5-17(7-6-16)14(20)11-8-12(21-15-11)10-2-3-10/h8,10H,1-7,9H2,(H,18,19). The topological polar surface area (TPSA) is 86.9 Å². The Hall–Kier alpha value is -1.89. The van der Waals surface area contributed by atoms with E-state index in [4.69, 9.17) is 9.63 Å². The number of aliphatic carboxylic acids is 1. The van der Waals surface area contributed by atoms with Gasteiger partial charge in [0.2, 0.25) is 0 Å². The van der Waals surface area contributed by atoms with Crippen molar-refractivity contribution in [3.63, 3.8) is 0 Å². The zero-order chi connectivity index (χ0) is 14.8. The van der Waals surface area contributed by atoms with E-state index in [-0.39, 0.29) is 12.5 Å². The maximum atomic E-state index is 12.4. The highest BCUT2D eigenvalue weighted by atomic mass is 16.5. The number of carboxylic acid groups (broad SMARTS) is 1. The van der Waals surface area contributed by atoms with Crippen LogP contribution >= 0.6 is 0 Å². The summed E-state index contributed by atoms with van der Waals surface area (Å²) in [4.78, 5) is 26.7. The smallest absolute Gasteiger partial charge is 0.317 e. The summed E-state index contributed by atoms with van der Waals surface area (Å²) >= 11 is 0. The second-order valence-corrected chi connectivity index (χ2v) is 5.70. The Morgan fingerprint density at radius 3 is 2.81 bits per heavy atom. The van der Waals surface area contributed by atoms with Crippen molar-refractivity contribution in [2.45, 2.75) is 25.2 Å². The van der Waals surface area contributed by atoms with Crippen LogP contribution in [-0.4, -0.2) is 64.7 Å². The second-order valence-electron chi connectivity index (χ2n) is 5.70. The van der Waals surface area contributed by atoms with Gasteiger partial charge in [-0.25, -0.2) is 0 Å². The highest BCUT2D eigenvalue weighted by Crippen LogP contribution is 2.40. The molecule has 1 aliphatic carbocycles. The monoisotopic (exact) mass is 293 g/mol. The van der Waals surface area contributed by atoms with Crippen LogP contribution in [0.1, 0.15) is 41.4 Å². The van der Waals surface area contributed by atoms with Crippen molar-refractivity contribution in [2.24, 2.45) is 0 Å². The average Bonchev–Trinajstić information content (AvgIpc) is 3.22. The molecule has 2 heterocycles. The lowest BCUT2D eigenvalue weighted by molar-refractivity contribution is -0.138. The predicted octanol–water partition coefficient (Wildman–Crippen LogP) is 0.784. The number of carbonyl (C=O) groups excluding carboxylic acids is 1. The van der Waals surface area contributed by atoms with Gasteiger partial charge in [0.25, 0.3) is 5.91 Å². The summed E-state index contributed by atoms with van der Waals surface area (Å²) in [5.74, 6) is 0.290. The fourth-order valence-corrected chi connectivity index (χ4v) is 2.64. The maximum absolute atomic E-state index is 12.4. The van der Waals surface area contributed by atoms with Gasteiger partial charge >= 0.3 is 5.97 Å². The number of hydrogen-bond acceptors (Lipinski definition) is 5. The first kappa shape index (κ1) is 14.1. The molecule has 1 saturated heterocycles. The van der Waals surface area contributed by atoms with Crippen LogP contribution in [0.4, 0.5) is 0 Å². The fourth-order valence-electron chi connectivity index (χ4n) is 2.64. The third-order valence-electron chi connectivity index (χ3n) is 3.96. The van der Waals surface area contributed by atoms with Crippen LogP contribution in [-0.2, 0) is 4.79 Å². The van der Waals surface area contributed by atoms with Crippen molar-refractivity contribution in [3.8, 4) is 0 Å². The van der Waals surface area contributed by atoms with Gasteiger partial charge in [-0.3, -0.25) is 14.5 Å². The van der Waals surface area contributed by atoms with Crippen molar-refractivity contribution in [1.29, 1.82) is 0 Å². The third kappa shape index (κ3) is 3.41. The molecule has 7 nitrogen and oxygen atoms in total. The van der Waals surface area contributed by atoms with Crippen LogP contribution < -0.4 is 0 Å². The Bertz CT molecular complexity index is 538. The molecule has 1 aliphatic heterocycles. The van der Waals surface area contributed by atoms with Crippen molar-refractivity contribution in [2.75, 3.05) is 32.7 Å². The Morgan fingerprint density at radius 2 is 2.10 bits per heavy atom. The molecule has 1 aromatic rings. The third-order valence-corrected chi connectivity index (χ3v) is 3.96. The number of nitrogens with zero attached hydrogens (tertiary/aromatic N) is 3. The number of rotatable bonds is 4. The summed E-state index contributed by atoms with van der Waals surface area (Å²) < 4.78 is 5.22. The maximum Gasteiger partial charge on any atom is 0.317 e. The lowest BCUT2D eigenvalue weighted by Crippen LogP contribution is -2.36. The molecule has 1 N–H and O–H groups in total. The number of hydrogen-bond donors (Lipinski definition) is 1. The van der Waals surface area contributed by atoms with E-state index in [1.807, 2.05) is 4.90 Å². The number of carboxylic acids is 1. The Balaban J connectivity index is 1.60. The van der Waals surface area contributed by atoms with Gasteiger partial charge in [-0.2, -0.15) is 0 Å². The van der Waals surface area contributed by atoms with Crippen molar-refractivity contribution in [1.82, 2.24) is 15.0 Å². The quantitative estimate of drug-likeness (QED) is 0.883. The van der Waals surface area contributed by atoms with Gasteiger partial charge in [-0.15, -0.1) is 0 Å². The number of amides is 1. The SMILES string of the molecule is O=C(O)CN1CCCN(C(=O)c2cc(C3CC3)on2)CC1. The average molecular weight is 293 g/mol. The Morgan fingerprint density at radius 1 is 1.29 bits per heavy atom. The normalized spacial score (nSPS) is 20.3. The van der Waals surface area contributed by atoms with Crippen LogP contribution in [0.15, 0.2) is 10.6 Å². The highest BCUT2D eigenvalue weighted by Gasteiger charge is 2.30. The molecule has 7 heteroatoms. The lowest BCUT2D eigenvalue weighted by Gasteiger charge is -2.19. The molecule has 114 valence electrons. The van der Waals surface area contributed by atoms with E-state index in [2.05, 4.69) is 5.16 Å². The minimum Gasteiger partial charge on any atom is -0.480 e. The van der Waals surface area contributed by atoms with Crippen molar-refractivity contribution in [3.05, 3.63) is 17.5 Å². The molecule has 2 fully saturated rings. The van der Waals surface area contributed by atoms with Crippen LogP contribution in [0.25, 0.3) is 0 Å². The van der Waals surface area contributed by atoms with E-state index in [1.54, 1.807) is 11.0 Å². The summed E-state index contributed by atoms with van der Waals surface area (Å²) in [6.07, 6.45) is 2.99. The van der Waals surface area contributed by atoms with E-state index in [1.165, 1.54) is 0 Å². The summed E-state index contributed by atoms with van der Waals surface area (Å²) in [5.41, 5.74) is 0.364. The molecule has 0 radical (unpaired) electrons. The molecule has 0 bridgehead atoms. The number of aromatic nitrogens is 1. The fraction of sp³-hybridized carbons (Fsp3) is 0.643. The molecule has 0 atom stereocenters.